The molecule has 0 atom stereocenters. The van der Waals surface area contributed by atoms with Crippen LogP contribution in [0.25, 0.3) is 17.2 Å². The third kappa shape index (κ3) is 4.89. The maximum Gasteiger partial charge on any atom is 0.274 e. The zero-order chi connectivity index (χ0) is 19.1. The molecule has 2 N–H and O–H groups in total. The highest BCUT2D eigenvalue weighted by Crippen LogP contribution is 2.13. The molecule has 0 aliphatic rings. The molecule has 27 heavy (non-hydrogen) atoms. The van der Waals surface area contributed by atoms with E-state index >= 15 is 0 Å². The van der Waals surface area contributed by atoms with Crippen molar-refractivity contribution in [3.8, 4) is 11.4 Å². The Morgan fingerprint density at radius 2 is 1.67 bits per heavy atom. The second kappa shape index (κ2) is 8.91. The number of benzene rings is 2. The highest BCUT2D eigenvalue weighted by Gasteiger charge is 2.08. The number of aromatic amines is 1. The minimum absolute atomic E-state index is 0.155. The Labute approximate surface area is 157 Å². The van der Waals surface area contributed by atoms with Crippen molar-refractivity contribution >= 4 is 5.78 Å². The molecule has 0 saturated heterocycles. The maximum atomic E-state index is 12.0. The Balaban J connectivity index is 0.000000253. The van der Waals surface area contributed by atoms with E-state index in [2.05, 4.69) is 39.4 Å². The molecule has 0 amide bonds. The van der Waals surface area contributed by atoms with Gasteiger partial charge in [-0.1, -0.05) is 73.2 Å². The molecular formula is C21H23N5O. The standard InChI is InChI=1S/C14H15N5O.C7H8/c1-2-15-9-11-8-12(20)19-14(16-11)17-13(18-19)10-6-4-3-5-7-10;1-7-5-3-2-4-6-7/h3-8,15H,2,9H2,1H3,(H,16,17,18);2-6H,1H3. The first kappa shape index (κ1) is 18.5. The van der Waals surface area contributed by atoms with Gasteiger partial charge in [0.05, 0.1) is 5.69 Å². The second-order valence-electron chi connectivity index (χ2n) is 6.09. The zero-order valence-corrected chi connectivity index (χ0v) is 15.5. The summed E-state index contributed by atoms with van der Waals surface area (Å²) in [6.07, 6.45) is 0. The fourth-order valence-corrected chi connectivity index (χ4v) is 2.53. The molecule has 0 spiro atoms. The minimum atomic E-state index is -0.155. The molecule has 4 aromatic rings. The van der Waals surface area contributed by atoms with E-state index in [-0.39, 0.29) is 5.56 Å². The quantitative estimate of drug-likeness (QED) is 0.585. The maximum absolute atomic E-state index is 12.0. The molecule has 6 heteroatoms. The molecule has 4 rings (SSSR count). The van der Waals surface area contributed by atoms with E-state index in [9.17, 15) is 4.79 Å². The summed E-state index contributed by atoms with van der Waals surface area (Å²) >= 11 is 0. The smallest absolute Gasteiger partial charge is 0.274 e. The fourth-order valence-electron chi connectivity index (χ4n) is 2.53. The molecule has 0 aliphatic carbocycles. The molecule has 6 nitrogen and oxygen atoms in total. The number of H-pyrrole nitrogens is 1. The van der Waals surface area contributed by atoms with Crippen molar-refractivity contribution in [3.63, 3.8) is 0 Å². The van der Waals surface area contributed by atoms with Crippen molar-refractivity contribution in [3.05, 3.63) is 88.3 Å². The van der Waals surface area contributed by atoms with Crippen LogP contribution in [-0.4, -0.2) is 26.1 Å². The average molecular weight is 361 g/mol. The largest absolute Gasteiger partial charge is 0.311 e. The molecule has 2 aromatic heterocycles. The SMILES string of the molecule is CCNCc1cc(=O)n2[nH]c(-c3ccccc3)nc2n1.Cc1ccccc1. The summed E-state index contributed by atoms with van der Waals surface area (Å²) in [7, 11) is 0. The van der Waals surface area contributed by atoms with Crippen LogP contribution in [0.1, 0.15) is 18.2 Å². The third-order valence-corrected chi connectivity index (χ3v) is 3.93. The number of nitrogens with zero attached hydrogens (tertiary/aromatic N) is 3. The van der Waals surface area contributed by atoms with Crippen LogP contribution in [0.15, 0.2) is 71.5 Å². The highest BCUT2D eigenvalue weighted by atomic mass is 16.1. The van der Waals surface area contributed by atoms with Crippen LogP contribution in [0.2, 0.25) is 0 Å². The number of fused-ring (bicyclic) bond motifs is 1. The van der Waals surface area contributed by atoms with E-state index in [1.807, 2.05) is 55.5 Å². The van der Waals surface area contributed by atoms with Crippen LogP contribution in [-0.2, 0) is 6.54 Å². The second-order valence-corrected chi connectivity index (χ2v) is 6.09. The first-order chi connectivity index (χ1) is 13.2. The summed E-state index contributed by atoms with van der Waals surface area (Å²) in [5.74, 6) is 1.03. The lowest BCUT2D eigenvalue weighted by molar-refractivity contribution is 0.705. The first-order valence-electron chi connectivity index (χ1n) is 8.94. The lowest BCUT2D eigenvalue weighted by Crippen LogP contribution is -2.19. The summed E-state index contributed by atoms with van der Waals surface area (Å²) in [6, 6.07) is 21.4. The van der Waals surface area contributed by atoms with Gasteiger partial charge < -0.3 is 5.32 Å². The van der Waals surface area contributed by atoms with Crippen molar-refractivity contribution < 1.29 is 0 Å². The Kier molecular flexibility index (Phi) is 6.12. The van der Waals surface area contributed by atoms with Crippen molar-refractivity contribution in [2.45, 2.75) is 20.4 Å². The molecule has 0 saturated carbocycles. The van der Waals surface area contributed by atoms with E-state index in [1.165, 1.54) is 16.1 Å². The number of nitrogens with one attached hydrogen (secondary N) is 2. The summed E-state index contributed by atoms with van der Waals surface area (Å²) in [6.45, 7) is 5.49. The fraction of sp³-hybridized carbons (Fsp3) is 0.190. The van der Waals surface area contributed by atoms with Crippen molar-refractivity contribution in [2.24, 2.45) is 0 Å². The predicted molar refractivity (Wildman–Crippen MR) is 108 cm³/mol. The summed E-state index contributed by atoms with van der Waals surface area (Å²) < 4.78 is 1.36. The van der Waals surface area contributed by atoms with Crippen molar-refractivity contribution in [1.29, 1.82) is 0 Å². The summed E-state index contributed by atoms with van der Waals surface area (Å²) in [5.41, 5.74) is 2.79. The minimum Gasteiger partial charge on any atom is -0.311 e. The van der Waals surface area contributed by atoms with Gasteiger partial charge in [-0.15, -0.1) is 0 Å². The van der Waals surface area contributed by atoms with Gasteiger partial charge in [-0.3, -0.25) is 9.89 Å². The third-order valence-electron chi connectivity index (χ3n) is 3.93. The summed E-state index contributed by atoms with van der Waals surface area (Å²) in [4.78, 5) is 20.8. The molecule has 138 valence electrons. The Hall–Kier alpha value is -3.25. The summed E-state index contributed by atoms with van der Waals surface area (Å²) in [5, 5.41) is 6.12. The van der Waals surface area contributed by atoms with E-state index in [4.69, 9.17) is 0 Å². The Morgan fingerprint density at radius 1 is 1.00 bits per heavy atom. The zero-order valence-electron chi connectivity index (χ0n) is 15.5. The van der Waals surface area contributed by atoms with Gasteiger partial charge in [-0.25, -0.2) is 4.98 Å². The molecular weight excluding hydrogens is 338 g/mol. The van der Waals surface area contributed by atoms with Crippen LogP contribution in [0.3, 0.4) is 0 Å². The highest BCUT2D eigenvalue weighted by molar-refractivity contribution is 5.56. The number of hydrogen-bond acceptors (Lipinski definition) is 4. The Morgan fingerprint density at radius 3 is 2.26 bits per heavy atom. The van der Waals surface area contributed by atoms with E-state index in [1.54, 1.807) is 0 Å². The molecule has 2 aromatic carbocycles. The molecule has 0 fully saturated rings. The van der Waals surface area contributed by atoms with E-state index in [0.717, 1.165) is 12.1 Å². The van der Waals surface area contributed by atoms with Gasteiger partial charge >= 0.3 is 0 Å². The molecule has 2 heterocycles. The number of aromatic nitrogens is 4. The van der Waals surface area contributed by atoms with Crippen LogP contribution in [0, 0.1) is 6.92 Å². The lowest BCUT2D eigenvalue weighted by Gasteiger charge is -1.99. The molecule has 0 bridgehead atoms. The van der Waals surface area contributed by atoms with Gasteiger partial charge in [0, 0.05) is 18.2 Å². The van der Waals surface area contributed by atoms with Crippen LogP contribution >= 0.6 is 0 Å². The predicted octanol–water partition coefficient (Wildman–Crippen LogP) is 3.19. The molecule has 0 radical (unpaired) electrons. The van der Waals surface area contributed by atoms with E-state index < -0.39 is 0 Å². The normalized spacial score (nSPS) is 10.4. The van der Waals surface area contributed by atoms with Crippen LogP contribution in [0.5, 0.6) is 0 Å². The topological polar surface area (TPSA) is 75.1 Å². The van der Waals surface area contributed by atoms with Gasteiger partial charge in [0.15, 0.2) is 5.82 Å². The Bertz CT molecular complexity index is 1040. The van der Waals surface area contributed by atoms with Gasteiger partial charge in [-0.05, 0) is 13.5 Å². The number of rotatable bonds is 4. The van der Waals surface area contributed by atoms with E-state index in [0.29, 0.717) is 23.8 Å². The van der Waals surface area contributed by atoms with Crippen molar-refractivity contribution in [2.75, 3.05) is 6.54 Å². The average Bonchev–Trinajstić information content (AvgIpc) is 3.13. The van der Waals surface area contributed by atoms with Crippen molar-refractivity contribution in [1.82, 2.24) is 24.9 Å². The van der Waals surface area contributed by atoms with Gasteiger partial charge in [-0.2, -0.15) is 9.50 Å². The van der Waals surface area contributed by atoms with Gasteiger partial charge in [0.25, 0.3) is 11.3 Å². The molecule has 0 unspecified atom stereocenters. The van der Waals surface area contributed by atoms with Crippen LogP contribution < -0.4 is 10.9 Å². The number of aryl methyl sites for hydroxylation is 1. The molecule has 0 aliphatic heterocycles. The monoisotopic (exact) mass is 361 g/mol. The number of hydrogen-bond donors (Lipinski definition) is 2. The van der Waals surface area contributed by atoms with Gasteiger partial charge in [0.2, 0.25) is 0 Å². The van der Waals surface area contributed by atoms with Crippen LogP contribution in [0.4, 0.5) is 0 Å². The first-order valence-corrected chi connectivity index (χ1v) is 8.94. The lowest BCUT2D eigenvalue weighted by atomic mass is 10.2. The van der Waals surface area contributed by atoms with Gasteiger partial charge in [0.1, 0.15) is 0 Å².